The number of fused-ring (bicyclic) bond motifs is 1. The molecule has 0 heterocycles. The predicted molar refractivity (Wildman–Crippen MR) is 68.7 cm³/mol. The van der Waals surface area contributed by atoms with Crippen LogP contribution in [0.2, 0.25) is 0 Å². The Morgan fingerprint density at radius 2 is 2.28 bits per heavy atom. The average Bonchev–Trinajstić information content (AvgIpc) is 2.43. The van der Waals surface area contributed by atoms with Gasteiger partial charge in [-0.2, -0.15) is 0 Å². The van der Waals surface area contributed by atoms with Crippen LogP contribution in [0.15, 0.2) is 18.2 Å². The Morgan fingerprint density at radius 3 is 3.00 bits per heavy atom. The fourth-order valence-electron chi connectivity index (χ4n) is 2.41. The predicted octanol–water partition coefficient (Wildman–Crippen LogP) is 1.84. The second-order valence-corrected chi connectivity index (χ2v) is 4.47. The van der Waals surface area contributed by atoms with E-state index in [1.165, 1.54) is 18.2 Å². The van der Waals surface area contributed by atoms with E-state index in [-0.39, 0.29) is 18.6 Å². The quantitative estimate of drug-likeness (QED) is 0.827. The van der Waals surface area contributed by atoms with E-state index in [1.54, 1.807) is 7.11 Å². The van der Waals surface area contributed by atoms with Crippen molar-refractivity contribution < 1.29 is 14.3 Å². The summed E-state index contributed by atoms with van der Waals surface area (Å²) < 4.78 is 9.88. The Bertz CT molecular complexity index is 431. The van der Waals surface area contributed by atoms with Crippen LogP contribution in [0.5, 0.6) is 5.75 Å². The van der Waals surface area contributed by atoms with E-state index >= 15 is 0 Å². The van der Waals surface area contributed by atoms with Crippen LogP contribution in [0.3, 0.4) is 0 Å². The molecule has 1 atom stereocenters. The molecule has 0 aromatic heterocycles. The third-order valence-electron chi connectivity index (χ3n) is 3.38. The molecule has 4 nitrogen and oxygen atoms in total. The van der Waals surface area contributed by atoms with Crippen LogP contribution >= 0.6 is 0 Å². The first-order valence-corrected chi connectivity index (χ1v) is 6.21. The fourth-order valence-corrected chi connectivity index (χ4v) is 2.41. The summed E-state index contributed by atoms with van der Waals surface area (Å²) in [5, 5.41) is 3.25. The van der Waals surface area contributed by atoms with Gasteiger partial charge in [-0.1, -0.05) is 6.07 Å². The summed E-state index contributed by atoms with van der Waals surface area (Å²) in [5.74, 6) is 0.665. The first-order chi connectivity index (χ1) is 8.74. The number of hydrogen-bond acceptors (Lipinski definition) is 4. The van der Waals surface area contributed by atoms with E-state index in [1.807, 2.05) is 6.07 Å². The molecule has 4 heteroatoms. The van der Waals surface area contributed by atoms with Crippen LogP contribution in [0.1, 0.15) is 30.0 Å². The number of esters is 1. The number of methoxy groups -OCH3 is 2. The van der Waals surface area contributed by atoms with E-state index in [9.17, 15) is 4.79 Å². The highest BCUT2D eigenvalue weighted by molar-refractivity contribution is 5.71. The molecule has 0 fully saturated rings. The standard InChI is InChI=1S/C14H19NO3/c1-17-11-6-7-12-10(8-11)4-3-5-13(12)15-9-14(16)18-2/h6-8,13,15H,3-5,9H2,1-2H3. The number of rotatable bonds is 4. The van der Waals surface area contributed by atoms with Crippen molar-refractivity contribution >= 4 is 5.97 Å². The van der Waals surface area contributed by atoms with Crippen molar-refractivity contribution in [1.82, 2.24) is 5.32 Å². The summed E-state index contributed by atoms with van der Waals surface area (Å²) in [6, 6.07) is 6.37. The number of hydrogen-bond donors (Lipinski definition) is 1. The minimum Gasteiger partial charge on any atom is -0.497 e. The number of aryl methyl sites for hydroxylation is 1. The summed E-state index contributed by atoms with van der Waals surface area (Å²) in [5.41, 5.74) is 2.58. The van der Waals surface area contributed by atoms with E-state index in [0.717, 1.165) is 25.0 Å². The number of carbonyl (C=O) groups excluding carboxylic acids is 1. The largest absolute Gasteiger partial charge is 0.497 e. The number of nitrogens with one attached hydrogen (secondary N) is 1. The van der Waals surface area contributed by atoms with Gasteiger partial charge in [0.15, 0.2) is 0 Å². The molecule has 98 valence electrons. The molecule has 1 unspecified atom stereocenters. The number of carbonyl (C=O) groups is 1. The molecule has 0 bridgehead atoms. The number of ether oxygens (including phenoxy) is 2. The molecule has 0 amide bonds. The third kappa shape index (κ3) is 2.82. The zero-order valence-corrected chi connectivity index (χ0v) is 10.9. The van der Waals surface area contributed by atoms with Crippen molar-refractivity contribution in [2.75, 3.05) is 20.8 Å². The molecule has 0 saturated carbocycles. The Balaban J connectivity index is 2.10. The van der Waals surface area contributed by atoms with Crippen molar-refractivity contribution in [3.63, 3.8) is 0 Å². The molecule has 1 aromatic carbocycles. The molecule has 1 aliphatic rings. The molecule has 0 spiro atoms. The Kier molecular flexibility index (Phi) is 4.20. The Hall–Kier alpha value is -1.55. The molecule has 0 saturated heterocycles. The van der Waals surface area contributed by atoms with Gasteiger partial charge in [0.05, 0.1) is 20.8 Å². The number of benzene rings is 1. The SMILES string of the molecule is COC(=O)CNC1CCCc2cc(OC)ccc21. The minimum atomic E-state index is -0.226. The van der Waals surface area contributed by atoms with E-state index in [4.69, 9.17) is 4.74 Å². The monoisotopic (exact) mass is 249 g/mol. The van der Waals surface area contributed by atoms with Crippen molar-refractivity contribution in [3.05, 3.63) is 29.3 Å². The first-order valence-electron chi connectivity index (χ1n) is 6.21. The van der Waals surface area contributed by atoms with Gasteiger partial charge in [0.25, 0.3) is 0 Å². The smallest absolute Gasteiger partial charge is 0.319 e. The maximum Gasteiger partial charge on any atom is 0.319 e. The van der Waals surface area contributed by atoms with Crippen molar-refractivity contribution in [2.45, 2.75) is 25.3 Å². The topological polar surface area (TPSA) is 47.6 Å². The Morgan fingerprint density at radius 1 is 1.44 bits per heavy atom. The minimum absolute atomic E-state index is 0.226. The molecule has 0 aliphatic heterocycles. The van der Waals surface area contributed by atoms with Gasteiger partial charge in [-0.05, 0) is 42.5 Å². The lowest BCUT2D eigenvalue weighted by Gasteiger charge is -2.26. The molecule has 1 N–H and O–H groups in total. The van der Waals surface area contributed by atoms with Gasteiger partial charge < -0.3 is 14.8 Å². The van der Waals surface area contributed by atoms with Gasteiger partial charge in [0, 0.05) is 6.04 Å². The zero-order valence-electron chi connectivity index (χ0n) is 10.9. The van der Waals surface area contributed by atoms with E-state index in [2.05, 4.69) is 22.2 Å². The van der Waals surface area contributed by atoms with E-state index in [0.29, 0.717) is 0 Å². The van der Waals surface area contributed by atoms with Gasteiger partial charge in [0.2, 0.25) is 0 Å². The highest BCUT2D eigenvalue weighted by atomic mass is 16.5. The second-order valence-electron chi connectivity index (χ2n) is 4.47. The maximum atomic E-state index is 11.2. The zero-order chi connectivity index (χ0) is 13.0. The van der Waals surface area contributed by atoms with Crippen molar-refractivity contribution in [3.8, 4) is 5.75 Å². The second kappa shape index (κ2) is 5.87. The van der Waals surface area contributed by atoms with Crippen molar-refractivity contribution in [1.29, 1.82) is 0 Å². The maximum absolute atomic E-state index is 11.2. The van der Waals surface area contributed by atoms with Gasteiger partial charge in [0.1, 0.15) is 5.75 Å². The Labute approximate surface area is 107 Å². The highest BCUT2D eigenvalue weighted by Gasteiger charge is 2.20. The lowest BCUT2D eigenvalue weighted by molar-refractivity contribution is -0.139. The van der Waals surface area contributed by atoms with Crippen LogP contribution < -0.4 is 10.1 Å². The van der Waals surface area contributed by atoms with Crippen LogP contribution in [-0.4, -0.2) is 26.7 Å². The van der Waals surface area contributed by atoms with Crippen molar-refractivity contribution in [2.24, 2.45) is 0 Å². The molecule has 1 aromatic rings. The van der Waals surface area contributed by atoms with Crippen LogP contribution in [-0.2, 0) is 16.0 Å². The summed E-state index contributed by atoms with van der Waals surface area (Å²) in [7, 11) is 3.08. The highest BCUT2D eigenvalue weighted by Crippen LogP contribution is 2.31. The molecule has 1 aliphatic carbocycles. The van der Waals surface area contributed by atoms with Crippen LogP contribution in [0, 0.1) is 0 Å². The molecule has 2 rings (SSSR count). The van der Waals surface area contributed by atoms with Gasteiger partial charge in [-0.15, -0.1) is 0 Å². The lowest BCUT2D eigenvalue weighted by Crippen LogP contribution is -2.30. The molecular weight excluding hydrogens is 230 g/mol. The summed E-state index contributed by atoms with van der Waals surface area (Å²) in [6.45, 7) is 0.257. The third-order valence-corrected chi connectivity index (χ3v) is 3.38. The molecule has 0 radical (unpaired) electrons. The van der Waals surface area contributed by atoms with Gasteiger partial charge in [-0.25, -0.2) is 0 Å². The summed E-state index contributed by atoms with van der Waals surface area (Å²) in [4.78, 5) is 11.2. The first kappa shape index (κ1) is 12.9. The summed E-state index contributed by atoms with van der Waals surface area (Å²) in [6.07, 6.45) is 3.25. The molecule has 18 heavy (non-hydrogen) atoms. The van der Waals surface area contributed by atoms with Gasteiger partial charge in [-0.3, -0.25) is 4.79 Å². The van der Waals surface area contributed by atoms with E-state index < -0.39 is 0 Å². The lowest BCUT2D eigenvalue weighted by atomic mass is 9.87. The van der Waals surface area contributed by atoms with Crippen LogP contribution in [0.4, 0.5) is 0 Å². The van der Waals surface area contributed by atoms with Gasteiger partial charge >= 0.3 is 5.97 Å². The summed E-state index contributed by atoms with van der Waals surface area (Å²) >= 11 is 0. The average molecular weight is 249 g/mol. The van der Waals surface area contributed by atoms with Crippen LogP contribution in [0.25, 0.3) is 0 Å². The normalized spacial score (nSPS) is 18.0. The fraction of sp³-hybridized carbons (Fsp3) is 0.500. The molecular formula is C14H19NO3.